The zero-order valence-corrected chi connectivity index (χ0v) is 17.1. The molecule has 0 aliphatic heterocycles. The van der Waals surface area contributed by atoms with Crippen LogP contribution in [0.2, 0.25) is 0 Å². The van der Waals surface area contributed by atoms with Gasteiger partial charge in [0, 0.05) is 31.2 Å². The van der Waals surface area contributed by atoms with Gasteiger partial charge in [-0.1, -0.05) is 6.92 Å². The molecule has 0 aliphatic rings. The lowest BCUT2D eigenvalue weighted by Gasteiger charge is -2.19. The van der Waals surface area contributed by atoms with E-state index in [4.69, 9.17) is 0 Å². The van der Waals surface area contributed by atoms with Gasteiger partial charge in [-0.05, 0) is 31.4 Å². The number of amides is 1. The van der Waals surface area contributed by atoms with Gasteiger partial charge in [-0.3, -0.25) is 4.79 Å². The normalized spacial score (nSPS) is 12.5. The average molecular weight is 434 g/mol. The highest BCUT2D eigenvalue weighted by atomic mass is 19.4. The van der Waals surface area contributed by atoms with Gasteiger partial charge in [0.25, 0.3) is 5.91 Å². The Morgan fingerprint density at radius 2 is 1.74 bits per heavy atom. The smallest absolute Gasteiger partial charge is 0.352 e. The number of aryl methyl sites for hydroxylation is 1. The van der Waals surface area contributed by atoms with Crippen LogP contribution in [0, 0.1) is 13.8 Å². The molecule has 3 aromatic heterocycles. The number of rotatable bonds is 7. The van der Waals surface area contributed by atoms with E-state index in [1.807, 2.05) is 20.8 Å². The predicted molar refractivity (Wildman–Crippen MR) is 106 cm³/mol. The van der Waals surface area contributed by atoms with Crippen molar-refractivity contribution in [3.05, 3.63) is 53.4 Å². The molecule has 0 saturated carbocycles. The molecule has 1 atom stereocenters. The van der Waals surface area contributed by atoms with E-state index in [9.17, 15) is 18.0 Å². The third kappa shape index (κ3) is 5.13. The molecule has 0 radical (unpaired) electrons. The molecule has 9 nitrogen and oxygen atoms in total. The van der Waals surface area contributed by atoms with Crippen LogP contribution in [0.5, 0.6) is 0 Å². The SMILES string of the molecule is CCC(CNc1ncc(C(F)(F)F)cn1)NC(=O)c1ncc(C)c(C)c1-n1nccn1. The number of nitrogens with zero attached hydrogens (tertiary/aromatic N) is 6. The van der Waals surface area contributed by atoms with Gasteiger partial charge in [0.15, 0.2) is 5.69 Å². The maximum Gasteiger partial charge on any atom is 0.419 e. The van der Waals surface area contributed by atoms with E-state index in [1.54, 1.807) is 6.20 Å². The van der Waals surface area contributed by atoms with Gasteiger partial charge in [-0.25, -0.2) is 15.0 Å². The second-order valence-corrected chi connectivity index (χ2v) is 6.83. The Bertz CT molecular complexity index is 1040. The minimum atomic E-state index is -4.50. The molecule has 0 aliphatic carbocycles. The number of hydrogen-bond donors (Lipinski definition) is 2. The van der Waals surface area contributed by atoms with Crippen molar-refractivity contribution in [3.8, 4) is 5.69 Å². The molecule has 3 heterocycles. The third-order valence-corrected chi connectivity index (χ3v) is 4.71. The van der Waals surface area contributed by atoms with Crippen LogP contribution in [0.25, 0.3) is 5.69 Å². The minimum Gasteiger partial charge on any atom is -0.352 e. The highest BCUT2D eigenvalue weighted by Gasteiger charge is 2.31. The topological polar surface area (TPSA) is 111 Å². The molecule has 31 heavy (non-hydrogen) atoms. The van der Waals surface area contributed by atoms with Crippen molar-refractivity contribution in [2.45, 2.75) is 39.4 Å². The third-order valence-electron chi connectivity index (χ3n) is 4.71. The molecule has 0 saturated heterocycles. The predicted octanol–water partition coefficient (Wildman–Crippen LogP) is 2.71. The van der Waals surface area contributed by atoms with E-state index in [0.29, 0.717) is 24.5 Å². The Morgan fingerprint density at radius 3 is 2.32 bits per heavy atom. The molecule has 0 aromatic carbocycles. The van der Waals surface area contributed by atoms with Crippen molar-refractivity contribution >= 4 is 11.9 Å². The molecule has 1 unspecified atom stereocenters. The van der Waals surface area contributed by atoms with E-state index in [0.717, 1.165) is 11.1 Å². The summed E-state index contributed by atoms with van der Waals surface area (Å²) in [6.07, 6.45) is 2.08. The molecular weight excluding hydrogens is 413 g/mol. The zero-order chi connectivity index (χ0) is 22.6. The van der Waals surface area contributed by atoms with Crippen LogP contribution in [0.3, 0.4) is 0 Å². The van der Waals surface area contributed by atoms with E-state index in [-0.39, 0.29) is 24.2 Å². The molecule has 0 fully saturated rings. The number of pyridine rings is 1. The average Bonchev–Trinajstić information content (AvgIpc) is 3.26. The lowest BCUT2D eigenvalue weighted by atomic mass is 10.1. The first-order valence-corrected chi connectivity index (χ1v) is 9.47. The summed E-state index contributed by atoms with van der Waals surface area (Å²) in [5.74, 6) is -0.385. The van der Waals surface area contributed by atoms with Crippen LogP contribution < -0.4 is 10.6 Å². The molecular formula is C19H21F3N8O. The van der Waals surface area contributed by atoms with Crippen molar-refractivity contribution in [1.29, 1.82) is 0 Å². The van der Waals surface area contributed by atoms with Gasteiger partial charge in [-0.15, -0.1) is 4.80 Å². The summed E-state index contributed by atoms with van der Waals surface area (Å²) in [4.78, 5) is 25.9. The summed E-state index contributed by atoms with van der Waals surface area (Å²) in [7, 11) is 0. The van der Waals surface area contributed by atoms with Gasteiger partial charge in [0.2, 0.25) is 5.95 Å². The number of aromatic nitrogens is 6. The molecule has 12 heteroatoms. The number of halogens is 3. The fraction of sp³-hybridized carbons (Fsp3) is 0.368. The molecule has 2 N–H and O–H groups in total. The van der Waals surface area contributed by atoms with Crippen LogP contribution in [0.1, 0.15) is 40.5 Å². The van der Waals surface area contributed by atoms with Gasteiger partial charge in [0.05, 0.1) is 18.0 Å². The monoisotopic (exact) mass is 434 g/mol. The molecule has 0 bridgehead atoms. The maximum atomic E-state index is 12.9. The van der Waals surface area contributed by atoms with Crippen LogP contribution in [0.15, 0.2) is 31.0 Å². The second kappa shape index (κ2) is 9.06. The molecule has 1 amide bonds. The van der Waals surface area contributed by atoms with Crippen LogP contribution in [0.4, 0.5) is 19.1 Å². The zero-order valence-electron chi connectivity index (χ0n) is 17.1. The quantitative estimate of drug-likeness (QED) is 0.588. The van der Waals surface area contributed by atoms with Crippen molar-refractivity contribution in [1.82, 2.24) is 35.3 Å². The Morgan fingerprint density at radius 1 is 1.10 bits per heavy atom. The highest BCUT2D eigenvalue weighted by molar-refractivity contribution is 5.96. The highest BCUT2D eigenvalue weighted by Crippen LogP contribution is 2.28. The van der Waals surface area contributed by atoms with Crippen molar-refractivity contribution in [2.75, 3.05) is 11.9 Å². The van der Waals surface area contributed by atoms with Gasteiger partial charge >= 0.3 is 6.18 Å². The number of hydrogen-bond acceptors (Lipinski definition) is 7. The summed E-state index contributed by atoms with van der Waals surface area (Å²) in [5, 5.41) is 13.9. The number of alkyl halides is 3. The van der Waals surface area contributed by atoms with Crippen molar-refractivity contribution in [3.63, 3.8) is 0 Å². The maximum absolute atomic E-state index is 12.9. The van der Waals surface area contributed by atoms with E-state index < -0.39 is 17.6 Å². The summed E-state index contributed by atoms with van der Waals surface area (Å²) in [6.45, 7) is 5.81. The fourth-order valence-corrected chi connectivity index (χ4v) is 2.76. The number of carbonyl (C=O) groups excluding carboxylic acids is 1. The molecule has 164 valence electrons. The Labute approximate surface area is 176 Å². The number of nitrogens with one attached hydrogen (secondary N) is 2. The first-order chi connectivity index (χ1) is 14.7. The summed E-state index contributed by atoms with van der Waals surface area (Å²) in [6, 6.07) is -0.347. The summed E-state index contributed by atoms with van der Waals surface area (Å²) >= 11 is 0. The van der Waals surface area contributed by atoms with Crippen molar-refractivity contribution < 1.29 is 18.0 Å². The second-order valence-electron chi connectivity index (χ2n) is 6.83. The van der Waals surface area contributed by atoms with Crippen molar-refractivity contribution in [2.24, 2.45) is 0 Å². The van der Waals surface area contributed by atoms with Gasteiger partial charge in [-0.2, -0.15) is 23.4 Å². The summed E-state index contributed by atoms with van der Waals surface area (Å²) in [5.41, 5.74) is 1.43. The largest absolute Gasteiger partial charge is 0.419 e. The van der Waals surface area contributed by atoms with E-state index in [1.165, 1.54) is 17.2 Å². The standard InChI is InChI=1S/C19H21F3N8O/c1-4-14(10-26-18-24-8-13(9-25-18)19(20,21)22)29-17(31)15-16(30-27-5-6-28-30)12(3)11(2)7-23-15/h5-9,14H,4,10H2,1-3H3,(H,29,31)(H,24,25,26). The first kappa shape index (κ1) is 22.1. The number of carbonyl (C=O) groups is 1. The van der Waals surface area contributed by atoms with Crippen LogP contribution in [-0.2, 0) is 6.18 Å². The Hall–Kier alpha value is -3.57. The van der Waals surface area contributed by atoms with Gasteiger partial charge in [0.1, 0.15) is 5.69 Å². The molecule has 3 rings (SSSR count). The molecule has 3 aromatic rings. The lowest BCUT2D eigenvalue weighted by molar-refractivity contribution is -0.138. The van der Waals surface area contributed by atoms with E-state index in [2.05, 4.69) is 35.8 Å². The van der Waals surface area contributed by atoms with Gasteiger partial charge < -0.3 is 10.6 Å². The Balaban J connectivity index is 1.71. The Kier molecular flexibility index (Phi) is 6.47. The minimum absolute atomic E-state index is 0.0337. The first-order valence-electron chi connectivity index (χ1n) is 9.47. The fourth-order valence-electron chi connectivity index (χ4n) is 2.76. The molecule has 0 spiro atoms. The lowest BCUT2D eigenvalue weighted by Crippen LogP contribution is -2.40. The van der Waals surface area contributed by atoms with E-state index >= 15 is 0 Å². The summed E-state index contributed by atoms with van der Waals surface area (Å²) < 4.78 is 37.8. The number of anilines is 1. The van der Waals surface area contributed by atoms with Crippen LogP contribution in [-0.4, -0.2) is 48.4 Å². The van der Waals surface area contributed by atoms with Crippen LogP contribution >= 0.6 is 0 Å².